The molecule has 2 aromatic heterocycles. The number of amides is 3. The average molecular weight is 556 g/mol. The van der Waals surface area contributed by atoms with Gasteiger partial charge >= 0.3 is 0 Å². The Kier molecular flexibility index (Phi) is 6.80. The molecule has 0 bridgehead atoms. The Morgan fingerprint density at radius 1 is 1.19 bits per heavy atom. The van der Waals surface area contributed by atoms with E-state index in [1.54, 1.807) is 48.7 Å². The zero-order valence-corrected chi connectivity index (χ0v) is 21.7. The number of nitrogens with zero attached hydrogens (tertiary/aromatic N) is 3. The van der Waals surface area contributed by atoms with Crippen molar-refractivity contribution in [3.8, 4) is 11.3 Å². The highest BCUT2D eigenvalue weighted by atomic mass is 35.5. The van der Waals surface area contributed by atoms with Crippen LogP contribution in [0.5, 0.6) is 0 Å². The minimum absolute atomic E-state index is 0.00552. The number of anilines is 1. The molecule has 5 rings (SSSR count). The van der Waals surface area contributed by atoms with Gasteiger partial charge in [-0.2, -0.15) is 0 Å². The van der Waals surface area contributed by atoms with Gasteiger partial charge in [0.15, 0.2) is 0 Å². The van der Waals surface area contributed by atoms with E-state index in [1.807, 2.05) is 0 Å². The Hall–Kier alpha value is -3.60. The topological polar surface area (TPSA) is 123 Å². The van der Waals surface area contributed by atoms with E-state index in [0.717, 1.165) is 0 Å². The third-order valence-corrected chi connectivity index (χ3v) is 7.38. The first-order valence-electron chi connectivity index (χ1n) is 11.3. The monoisotopic (exact) mass is 555 g/mol. The zero-order valence-electron chi connectivity index (χ0n) is 19.4. The van der Waals surface area contributed by atoms with Crippen molar-refractivity contribution in [1.29, 1.82) is 0 Å². The van der Waals surface area contributed by atoms with E-state index in [2.05, 4.69) is 20.6 Å². The van der Waals surface area contributed by atoms with Crippen molar-refractivity contribution in [3.05, 3.63) is 73.0 Å². The predicted molar refractivity (Wildman–Crippen MR) is 142 cm³/mol. The predicted octanol–water partition coefficient (Wildman–Crippen LogP) is 4.29. The third kappa shape index (κ3) is 5.00. The van der Waals surface area contributed by atoms with Crippen molar-refractivity contribution < 1.29 is 14.4 Å². The minimum atomic E-state index is -0.826. The Bertz CT molecular complexity index is 1650. The summed E-state index contributed by atoms with van der Waals surface area (Å²) in [5.41, 5.74) is 1.56. The van der Waals surface area contributed by atoms with Crippen molar-refractivity contribution in [3.63, 3.8) is 0 Å². The molecule has 3 amide bonds. The van der Waals surface area contributed by atoms with Crippen LogP contribution in [0.4, 0.5) is 5.69 Å². The molecule has 1 aliphatic heterocycles. The van der Waals surface area contributed by atoms with Gasteiger partial charge in [-0.1, -0.05) is 29.3 Å². The van der Waals surface area contributed by atoms with Gasteiger partial charge < -0.3 is 5.32 Å². The number of aryl methyl sites for hydroxylation is 1. The first kappa shape index (κ1) is 25.1. The van der Waals surface area contributed by atoms with Crippen LogP contribution in [0.15, 0.2) is 46.6 Å². The summed E-state index contributed by atoms with van der Waals surface area (Å²) in [6, 6.07) is 9.14. The van der Waals surface area contributed by atoms with Crippen LogP contribution >= 0.6 is 34.5 Å². The van der Waals surface area contributed by atoms with E-state index >= 15 is 0 Å². The smallest absolute Gasteiger partial charge is 0.262 e. The number of hydrogen-bond acceptors (Lipinski definition) is 7. The van der Waals surface area contributed by atoms with Gasteiger partial charge in [-0.15, -0.1) is 11.3 Å². The normalized spacial score (nSPS) is 15.6. The first-order valence-corrected chi connectivity index (χ1v) is 12.9. The van der Waals surface area contributed by atoms with Crippen LogP contribution in [0.2, 0.25) is 10.0 Å². The molecule has 0 radical (unpaired) electrons. The summed E-state index contributed by atoms with van der Waals surface area (Å²) in [7, 11) is 0. The summed E-state index contributed by atoms with van der Waals surface area (Å²) >= 11 is 13.7. The number of thiazole rings is 1. The summed E-state index contributed by atoms with van der Waals surface area (Å²) in [6.07, 6.45) is 0.356. The van der Waals surface area contributed by atoms with Crippen molar-refractivity contribution in [2.24, 2.45) is 0 Å². The molecule has 2 aromatic carbocycles. The van der Waals surface area contributed by atoms with Crippen LogP contribution < -0.4 is 16.2 Å². The molecule has 0 spiro atoms. The van der Waals surface area contributed by atoms with Gasteiger partial charge in [-0.05, 0) is 43.7 Å². The number of aromatic nitrogens is 3. The molecule has 1 aliphatic rings. The fourth-order valence-corrected chi connectivity index (χ4v) is 5.45. The minimum Gasteiger partial charge on any atom is -0.324 e. The molecule has 4 aromatic rings. The number of halogens is 2. The summed E-state index contributed by atoms with van der Waals surface area (Å²) < 4.78 is 1.30. The molecule has 188 valence electrons. The fraction of sp³-hybridized carbons (Fsp3) is 0.200. The molecule has 0 aliphatic carbocycles. The van der Waals surface area contributed by atoms with E-state index in [1.165, 1.54) is 15.9 Å². The number of piperidine rings is 1. The van der Waals surface area contributed by atoms with Crippen molar-refractivity contribution in [2.75, 3.05) is 5.32 Å². The lowest BCUT2D eigenvalue weighted by atomic mass is 10.1. The van der Waals surface area contributed by atoms with Crippen LogP contribution in [0.1, 0.15) is 29.7 Å². The van der Waals surface area contributed by atoms with Gasteiger partial charge in [0.1, 0.15) is 22.4 Å². The zero-order chi connectivity index (χ0) is 26.3. The number of nitrogens with one attached hydrogen (secondary N) is 2. The van der Waals surface area contributed by atoms with Crippen LogP contribution in [-0.2, 0) is 20.8 Å². The molecular formula is C25H19Cl2N5O4S. The standard InChI is InChI=1S/C25H19Cl2N5O4S/c1-12-28-23-14(25(36)32(12)19-7-8-20(33)31-24(19)35)3-2-4-17(23)29-21(34)10-22-30-18(11-37-22)15-9-13(26)5-6-16(15)27/h2-6,9,11,19H,7-8,10H2,1H3,(H,29,34)(H,31,33,35). The van der Waals surface area contributed by atoms with Gasteiger partial charge in [0.2, 0.25) is 17.7 Å². The van der Waals surface area contributed by atoms with Crippen LogP contribution in [0.3, 0.4) is 0 Å². The molecule has 1 fully saturated rings. The summed E-state index contributed by atoms with van der Waals surface area (Å²) in [5, 5.41) is 8.75. The molecular weight excluding hydrogens is 537 g/mol. The Morgan fingerprint density at radius 2 is 2.00 bits per heavy atom. The highest BCUT2D eigenvalue weighted by Gasteiger charge is 2.30. The summed E-state index contributed by atoms with van der Waals surface area (Å²) in [5.74, 6) is -0.932. The number of rotatable bonds is 5. The average Bonchev–Trinajstić information content (AvgIpc) is 3.30. The van der Waals surface area contributed by atoms with E-state index in [4.69, 9.17) is 23.2 Å². The number of hydrogen-bond donors (Lipinski definition) is 2. The molecule has 12 heteroatoms. The maximum absolute atomic E-state index is 13.3. The Labute approximate surface area is 224 Å². The van der Waals surface area contributed by atoms with Gasteiger partial charge in [-0.3, -0.25) is 29.1 Å². The largest absolute Gasteiger partial charge is 0.324 e. The molecule has 1 saturated heterocycles. The van der Waals surface area contributed by atoms with E-state index in [-0.39, 0.29) is 36.5 Å². The lowest BCUT2D eigenvalue weighted by molar-refractivity contribution is -0.135. The maximum Gasteiger partial charge on any atom is 0.262 e. The van der Waals surface area contributed by atoms with E-state index < -0.39 is 17.5 Å². The van der Waals surface area contributed by atoms with Crippen LogP contribution in [0.25, 0.3) is 22.2 Å². The molecule has 1 atom stereocenters. The summed E-state index contributed by atoms with van der Waals surface area (Å²) in [4.78, 5) is 59.1. The Morgan fingerprint density at radius 3 is 2.78 bits per heavy atom. The maximum atomic E-state index is 13.3. The highest BCUT2D eigenvalue weighted by molar-refractivity contribution is 7.10. The highest BCUT2D eigenvalue weighted by Crippen LogP contribution is 2.31. The van der Waals surface area contributed by atoms with Crippen molar-refractivity contribution >= 4 is 68.9 Å². The SMILES string of the molecule is Cc1nc2c(NC(=O)Cc3nc(-c4cc(Cl)ccc4Cl)cs3)cccc2c(=O)n1C1CCC(=O)NC1=O. The molecule has 1 unspecified atom stereocenters. The molecule has 9 nitrogen and oxygen atoms in total. The number of carbonyl (C=O) groups excluding carboxylic acids is 3. The number of carbonyl (C=O) groups is 3. The lowest BCUT2D eigenvalue weighted by Crippen LogP contribution is -2.45. The van der Waals surface area contributed by atoms with E-state index in [0.29, 0.717) is 43.3 Å². The number of fused-ring (bicyclic) bond motifs is 1. The molecule has 2 N–H and O–H groups in total. The first-order chi connectivity index (χ1) is 17.7. The van der Waals surface area contributed by atoms with Crippen LogP contribution in [-0.4, -0.2) is 32.3 Å². The second kappa shape index (κ2) is 10.0. The van der Waals surface area contributed by atoms with Gasteiger partial charge in [0.25, 0.3) is 5.56 Å². The molecule has 0 saturated carbocycles. The summed E-state index contributed by atoms with van der Waals surface area (Å²) in [6.45, 7) is 1.61. The Balaban J connectivity index is 1.39. The van der Waals surface area contributed by atoms with Crippen LogP contribution in [0, 0.1) is 6.92 Å². The molecule has 37 heavy (non-hydrogen) atoms. The second-order valence-corrected chi connectivity index (χ2v) is 10.3. The molecule has 3 heterocycles. The van der Waals surface area contributed by atoms with Gasteiger partial charge in [0, 0.05) is 22.4 Å². The van der Waals surface area contributed by atoms with Gasteiger partial charge in [-0.25, -0.2) is 9.97 Å². The number of benzene rings is 2. The van der Waals surface area contributed by atoms with Crippen molar-refractivity contribution in [2.45, 2.75) is 32.2 Å². The lowest BCUT2D eigenvalue weighted by Gasteiger charge is -2.24. The van der Waals surface area contributed by atoms with Gasteiger partial charge in [0.05, 0.1) is 28.2 Å². The number of para-hydroxylation sites is 1. The quantitative estimate of drug-likeness (QED) is 0.354. The second-order valence-electron chi connectivity index (χ2n) is 8.48. The van der Waals surface area contributed by atoms with E-state index in [9.17, 15) is 19.2 Å². The third-order valence-electron chi connectivity index (χ3n) is 5.97. The van der Waals surface area contributed by atoms with Crippen molar-refractivity contribution in [1.82, 2.24) is 19.9 Å². The fourth-order valence-electron chi connectivity index (χ4n) is 4.27. The number of imide groups is 1.